The molecule has 0 unspecified atom stereocenters. The molecular formula is C12H22AsCl. The molecular weight excluding hydrogens is 255 g/mol. The first-order valence-electron chi connectivity index (χ1n) is 6.32. The van der Waals surface area contributed by atoms with E-state index in [9.17, 15) is 0 Å². The minimum atomic E-state index is -0.963. The summed E-state index contributed by atoms with van der Waals surface area (Å²) in [5.41, 5.74) is 0. The van der Waals surface area contributed by atoms with Crippen LogP contribution in [0.15, 0.2) is 0 Å². The van der Waals surface area contributed by atoms with Crippen LogP contribution in [0.1, 0.15) is 64.2 Å². The summed E-state index contributed by atoms with van der Waals surface area (Å²) in [6.07, 6.45) is 14.7. The predicted octanol–water partition coefficient (Wildman–Crippen LogP) is 4.89. The molecule has 0 N–H and O–H groups in total. The Kier molecular flexibility index (Phi) is 4.70. The summed E-state index contributed by atoms with van der Waals surface area (Å²) in [6.45, 7) is 0. The standard InChI is InChI=1S/C12H22AsCl/c14-13(11-7-3-1-4-8-11)12-9-5-2-6-10-12/h11-12H,1-10H2. The van der Waals surface area contributed by atoms with Crippen molar-refractivity contribution in [2.45, 2.75) is 73.6 Å². The molecule has 14 heavy (non-hydrogen) atoms. The van der Waals surface area contributed by atoms with Crippen molar-refractivity contribution < 1.29 is 0 Å². The Bertz CT molecular complexity index is 142. The zero-order chi connectivity index (χ0) is 9.80. The predicted molar refractivity (Wildman–Crippen MR) is 65.3 cm³/mol. The van der Waals surface area contributed by atoms with Gasteiger partial charge in [-0.3, -0.25) is 0 Å². The van der Waals surface area contributed by atoms with Crippen LogP contribution in [0, 0.1) is 0 Å². The number of hydrogen-bond acceptors (Lipinski definition) is 0. The molecule has 0 aromatic carbocycles. The Balaban J connectivity index is 1.82. The molecule has 2 saturated carbocycles. The molecule has 82 valence electrons. The first kappa shape index (κ1) is 11.3. The van der Waals surface area contributed by atoms with Crippen LogP contribution in [0.25, 0.3) is 0 Å². The van der Waals surface area contributed by atoms with Gasteiger partial charge in [-0.05, 0) is 0 Å². The van der Waals surface area contributed by atoms with E-state index in [-0.39, 0.29) is 0 Å². The molecule has 0 atom stereocenters. The van der Waals surface area contributed by atoms with E-state index in [0.29, 0.717) is 0 Å². The Morgan fingerprint density at radius 3 is 1.36 bits per heavy atom. The molecule has 2 fully saturated rings. The quantitative estimate of drug-likeness (QED) is 0.630. The molecule has 2 heteroatoms. The van der Waals surface area contributed by atoms with Gasteiger partial charge in [-0.25, -0.2) is 0 Å². The minimum absolute atomic E-state index is 0.963. The van der Waals surface area contributed by atoms with Gasteiger partial charge >= 0.3 is 97.3 Å². The van der Waals surface area contributed by atoms with E-state index in [1.54, 1.807) is 0 Å². The van der Waals surface area contributed by atoms with Gasteiger partial charge < -0.3 is 0 Å². The van der Waals surface area contributed by atoms with Crippen molar-refractivity contribution >= 4 is 23.7 Å². The molecule has 0 aromatic heterocycles. The van der Waals surface area contributed by atoms with Crippen LogP contribution < -0.4 is 0 Å². The molecule has 0 aliphatic heterocycles. The van der Waals surface area contributed by atoms with E-state index in [0.717, 1.165) is 9.41 Å². The molecule has 0 nitrogen and oxygen atoms in total. The topological polar surface area (TPSA) is 0 Å². The fourth-order valence-electron chi connectivity index (χ4n) is 2.95. The summed E-state index contributed by atoms with van der Waals surface area (Å²) in [6, 6.07) is 0. The zero-order valence-electron chi connectivity index (χ0n) is 9.05. The van der Waals surface area contributed by atoms with Crippen molar-refractivity contribution in [2.24, 2.45) is 0 Å². The van der Waals surface area contributed by atoms with Crippen LogP contribution in [0.4, 0.5) is 0 Å². The fraction of sp³-hybridized carbons (Fsp3) is 1.00. The van der Waals surface area contributed by atoms with Crippen LogP contribution in [-0.4, -0.2) is 13.7 Å². The van der Waals surface area contributed by atoms with Crippen molar-refractivity contribution in [2.75, 3.05) is 0 Å². The van der Waals surface area contributed by atoms with E-state index in [1.807, 2.05) is 0 Å². The first-order chi connectivity index (χ1) is 6.88. The van der Waals surface area contributed by atoms with E-state index >= 15 is 0 Å². The van der Waals surface area contributed by atoms with Crippen molar-refractivity contribution in [3.05, 3.63) is 0 Å². The SMILES string of the molecule is Cl[As](C1CCCCC1)C1CCCCC1. The molecule has 2 aliphatic rings. The van der Waals surface area contributed by atoms with Gasteiger partial charge in [-0.15, -0.1) is 0 Å². The molecule has 0 aromatic rings. The Hall–Kier alpha value is 0.848. The van der Waals surface area contributed by atoms with Gasteiger partial charge in [0, 0.05) is 0 Å². The second-order valence-corrected chi connectivity index (χ2v) is 11.5. The number of rotatable bonds is 2. The molecule has 0 radical (unpaired) electrons. The summed E-state index contributed by atoms with van der Waals surface area (Å²) < 4.78 is 2.00. The van der Waals surface area contributed by atoms with Crippen LogP contribution >= 0.6 is 9.95 Å². The average molecular weight is 277 g/mol. The van der Waals surface area contributed by atoms with Gasteiger partial charge in [0.25, 0.3) is 0 Å². The summed E-state index contributed by atoms with van der Waals surface area (Å²) in [7, 11) is 6.78. The van der Waals surface area contributed by atoms with Gasteiger partial charge in [0.2, 0.25) is 0 Å². The van der Waals surface area contributed by atoms with Crippen molar-refractivity contribution in [3.63, 3.8) is 0 Å². The Morgan fingerprint density at radius 2 is 1.00 bits per heavy atom. The van der Waals surface area contributed by atoms with Crippen LogP contribution in [0.3, 0.4) is 0 Å². The third-order valence-electron chi connectivity index (χ3n) is 3.85. The number of hydrogen-bond donors (Lipinski definition) is 0. The van der Waals surface area contributed by atoms with Crippen molar-refractivity contribution in [1.82, 2.24) is 0 Å². The Morgan fingerprint density at radius 1 is 0.643 bits per heavy atom. The monoisotopic (exact) mass is 276 g/mol. The molecule has 0 spiro atoms. The maximum absolute atomic E-state index is 6.78. The molecule has 2 rings (SSSR count). The normalized spacial score (nSPS) is 27.0. The molecule has 2 aliphatic carbocycles. The first-order valence-corrected chi connectivity index (χ1v) is 11.0. The third-order valence-corrected chi connectivity index (χ3v) is 11.8. The van der Waals surface area contributed by atoms with Gasteiger partial charge in [0.1, 0.15) is 0 Å². The summed E-state index contributed by atoms with van der Waals surface area (Å²) in [5, 5.41) is 0. The summed E-state index contributed by atoms with van der Waals surface area (Å²) in [5.74, 6) is 0. The van der Waals surface area contributed by atoms with Crippen LogP contribution in [0.2, 0.25) is 9.41 Å². The van der Waals surface area contributed by atoms with Gasteiger partial charge in [-0.1, -0.05) is 0 Å². The van der Waals surface area contributed by atoms with Crippen LogP contribution in [0.5, 0.6) is 0 Å². The zero-order valence-corrected chi connectivity index (χ0v) is 11.7. The average Bonchev–Trinajstić information content (AvgIpc) is 2.30. The van der Waals surface area contributed by atoms with E-state index in [2.05, 4.69) is 0 Å². The van der Waals surface area contributed by atoms with Gasteiger partial charge in [0.15, 0.2) is 0 Å². The van der Waals surface area contributed by atoms with E-state index in [4.69, 9.17) is 9.95 Å². The Labute approximate surface area is 97.2 Å². The fourth-order valence-corrected chi connectivity index (χ4v) is 9.84. The molecule has 0 heterocycles. The maximum atomic E-state index is 6.78. The molecule has 0 amide bonds. The van der Waals surface area contributed by atoms with Crippen LogP contribution in [-0.2, 0) is 0 Å². The van der Waals surface area contributed by atoms with E-state index in [1.165, 1.54) is 64.2 Å². The van der Waals surface area contributed by atoms with Crippen molar-refractivity contribution in [1.29, 1.82) is 0 Å². The summed E-state index contributed by atoms with van der Waals surface area (Å²) >= 11 is -0.963. The second-order valence-electron chi connectivity index (χ2n) is 4.93. The number of halogens is 1. The van der Waals surface area contributed by atoms with E-state index < -0.39 is 13.7 Å². The summed E-state index contributed by atoms with van der Waals surface area (Å²) in [4.78, 5) is 0. The van der Waals surface area contributed by atoms with Gasteiger partial charge in [-0.2, -0.15) is 0 Å². The van der Waals surface area contributed by atoms with Gasteiger partial charge in [0.05, 0.1) is 0 Å². The second kappa shape index (κ2) is 5.80. The van der Waals surface area contributed by atoms with Crippen molar-refractivity contribution in [3.8, 4) is 0 Å². The molecule has 0 saturated heterocycles. The third kappa shape index (κ3) is 2.92. The molecule has 0 bridgehead atoms.